The van der Waals surface area contributed by atoms with E-state index in [1.807, 2.05) is 11.3 Å². The number of hydrogen-bond acceptors (Lipinski definition) is 6. The summed E-state index contributed by atoms with van der Waals surface area (Å²) in [4.78, 5) is 13.2. The standard InChI is InChI=1S/C15H19N5S/c16-15-18-12-10-3-1-2-4-11(10)21-13(12)14(19-15)20-7-8-5-9(20)6-17-8/h8-9,17H,1-7H2,(H2,16,18,19)/t8-,9+/m1/s1. The second-order valence-electron chi connectivity index (χ2n) is 6.44. The zero-order valence-corrected chi connectivity index (χ0v) is 12.7. The molecule has 0 saturated carbocycles. The molecule has 2 aromatic rings. The number of nitrogen functional groups attached to an aromatic ring is 1. The van der Waals surface area contributed by atoms with Crippen LogP contribution in [0.15, 0.2) is 0 Å². The Bertz CT molecular complexity index is 724. The van der Waals surface area contributed by atoms with Crippen LogP contribution in [0, 0.1) is 0 Å². The Morgan fingerprint density at radius 3 is 2.95 bits per heavy atom. The van der Waals surface area contributed by atoms with Gasteiger partial charge in [-0.3, -0.25) is 0 Å². The first kappa shape index (κ1) is 12.2. The van der Waals surface area contributed by atoms with Crippen LogP contribution in [-0.4, -0.2) is 35.1 Å². The van der Waals surface area contributed by atoms with E-state index in [9.17, 15) is 0 Å². The highest BCUT2D eigenvalue weighted by Gasteiger charge is 2.39. The molecule has 0 aromatic carbocycles. The van der Waals surface area contributed by atoms with Crippen molar-refractivity contribution in [3.05, 3.63) is 10.4 Å². The van der Waals surface area contributed by atoms with Crippen LogP contribution in [0.5, 0.6) is 0 Å². The molecule has 3 aliphatic rings. The smallest absolute Gasteiger partial charge is 0.222 e. The molecule has 4 heterocycles. The second-order valence-corrected chi connectivity index (χ2v) is 7.55. The molecule has 5 rings (SSSR count). The fourth-order valence-corrected chi connectivity index (χ4v) is 5.47. The first-order chi connectivity index (χ1) is 10.3. The molecule has 5 nitrogen and oxygen atoms in total. The number of nitrogens with zero attached hydrogens (tertiary/aromatic N) is 3. The van der Waals surface area contributed by atoms with Crippen molar-refractivity contribution < 1.29 is 0 Å². The normalized spacial score (nSPS) is 27.5. The molecule has 0 spiro atoms. The number of anilines is 2. The molecule has 21 heavy (non-hydrogen) atoms. The number of thiophene rings is 1. The van der Waals surface area contributed by atoms with E-state index in [-0.39, 0.29) is 0 Å². The minimum Gasteiger partial charge on any atom is -0.368 e. The number of aromatic nitrogens is 2. The maximum Gasteiger partial charge on any atom is 0.222 e. The van der Waals surface area contributed by atoms with Crippen LogP contribution in [0.1, 0.15) is 29.7 Å². The summed E-state index contributed by atoms with van der Waals surface area (Å²) in [6.07, 6.45) is 6.16. The monoisotopic (exact) mass is 301 g/mol. The lowest BCUT2D eigenvalue weighted by Crippen LogP contribution is -2.44. The predicted octanol–water partition coefficient (Wildman–Crippen LogP) is 1.70. The van der Waals surface area contributed by atoms with E-state index in [4.69, 9.17) is 5.73 Å². The molecule has 2 fully saturated rings. The highest BCUT2D eigenvalue weighted by atomic mass is 32.1. The first-order valence-corrected chi connectivity index (χ1v) is 8.69. The minimum absolute atomic E-state index is 0.430. The van der Waals surface area contributed by atoms with Crippen LogP contribution in [0.3, 0.4) is 0 Å². The molecular weight excluding hydrogens is 282 g/mol. The lowest BCUT2D eigenvalue weighted by atomic mass is 9.98. The third-order valence-electron chi connectivity index (χ3n) is 5.12. The van der Waals surface area contributed by atoms with Crippen molar-refractivity contribution in [2.45, 2.75) is 44.2 Å². The topological polar surface area (TPSA) is 67.1 Å². The van der Waals surface area contributed by atoms with E-state index in [0.717, 1.165) is 30.8 Å². The van der Waals surface area contributed by atoms with Gasteiger partial charge in [-0.25, -0.2) is 4.98 Å². The molecule has 0 radical (unpaired) electrons. The van der Waals surface area contributed by atoms with Gasteiger partial charge in [-0.1, -0.05) is 0 Å². The fourth-order valence-electron chi connectivity index (χ4n) is 4.13. The quantitative estimate of drug-likeness (QED) is 0.839. The maximum absolute atomic E-state index is 6.02. The molecule has 0 unspecified atom stereocenters. The molecule has 6 heteroatoms. The number of fused-ring (bicyclic) bond motifs is 5. The number of rotatable bonds is 1. The third-order valence-corrected chi connectivity index (χ3v) is 6.40. The summed E-state index contributed by atoms with van der Waals surface area (Å²) in [5.41, 5.74) is 8.60. The van der Waals surface area contributed by atoms with Gasteiger partial charge < -0.3 is 16.0 Å². The largest absolute Gasteiger partial charge is 0.368 e. The van der Waals surface area contributed by atoms with E-state index in [1.165, 1.54) is 40.8 Å². The summed E-state index contributed by atoms with van der Waals surface area (Å²) >= 11 is 1.91. The van der Waals surface area contributed by atoms with Crippen molar-refractivity contribution >= 4 is 33.3 Å². The average Bonchev–Trinajstić information content (AvgIpc) is 3.19. The average molecular weight is 301 g/mol. The maximum atomic E-state index is 6.02. The van der Waals surface area contributed by atoms with Crippen molar-refractivity contribution in [2.75, 3.05) is 23.7 Å². The van der Waals surface area contributed by atoms with Crippen LogP contribution in [0.25, 0.3) is 10.2 Å². The van der Waals surface area contributed by atoms with Gasteiger partial charge in [-0.2, -0.15) is 4.98 Å². The highest BCUT2D eigenvalue weighted by Crippen LogP contribution is 2.41. The van der Waals surface area contributed by atoms with Crippen molar-refractivity contribution in [2.24, 2.45) is 0 Å². The summed E-state index contributed by atoms with van der Waals surface area (Å²) in [5, 5.41) is 3.55. The molecule has 110 valence electrons. The molecule has 1 aliphatic carbocycles. The summed E-state index contributed by atoms with van der Waals surface area (Å²) < 4.78 is 1.27. The summed E-state index contributed by atoms with van der Waals surface area (Å²) in [6.45, 7) is 2.12. The van der Waals surface area contributed by atoms with Gasteiger partial charge in [0.1, 0.15) is 0 Å². The number of nitrogens with one attached hydrogen (secondary N) is 1. The number of aryl methyl sites for hydroxylation is 2. The second kappa shape index (κ2) is 4.30. The number of piperazine rings is 1. The molecule has 2 aliphatic heterocycles. The summed E-state index contributed by atoms with van der Waals surface area (Å²) in [7, 11) is 0. The van der Waals surface area contributed by atoms with Gasteiger partial charge in [0, 0.05) is 30.1 Å². The Hall–Kier alpha value is -1.40. The third kappa shape index (κ3) is 1.72. The molecule has 3 N–H and O–H groups in total. The Labute approximate surface area is 127 Å². The van der Waals surface area contributed by atoms with Gasteiger partial charge in [-0.05, 0) is 37.7 Å². The molecular formula is C15H19N5S. The zero-order valence-electron chi connectivity index (χ0n) is 11.9. The zero-order chi connectivity index (χ0) is 14.0. The first-order valence-electron chi connectivity index (χ1n) is 7.87. The Morgan fingerprint density at radius 2 is 2.14 bits per heavy atom. The van der Waals surface area contributed by atoms with E-state index >= 15 is 0 Å². The van der Waals surface area contributed by atoms with Gasteiger partial charge in [0.15, 0.2) is 5.82 Å². The SMILES string of the molecule is Nc1nc(N2C[C@H]3C[C@H]2CN3)c2sc3c(c2n1)CCCC3. The highest BCUT2D eigenvalue weighted by molar-refractivity contribution is 7.19. The van der Waals surface area contributed by atoms with Gasteiger partial charge in [0.05, 0.1) is 10.2 Å². The predicted molar refractivity (Wildman–Crippen MR) is 86.0 cm³/mol. The van der Waals surface area contributed by atoms with Crippen molar-refractivity contribution in [3.63, 3.8) is 0 Å². The number of hydrogen-bond donors (Lipinski definition) is 2. The van der Waals surface area contributed by atoms with Crippen LogP contribution in [0.4, 0.5) is 11.8 Å². The van der Waals surface area contributed by atoms with Crippen molar-refractivity contribution in [1.29, 1.82) is 0 Å². The Morgan fingerprint density at radius 1 is 1.24 bits per heavy atom. The van der Waals surface area contributed by atoms with E-state index in [2.05, 4.69) is 20.2 Å². The van der Waals surface area contributed by atoms with Crippen molar-refractivity contribution in [1.82, 2.24) is 15.3 Å². The molecule has 2 atom stereocenters. The van der Waals surface area contributed by atoms with Crippen LogP contribution in [0.2, 0.25) is 0 Å². The lowest BCUT2D eigenvalue weighted by Gasteiger charge is -2.28. The van der Waals surface area contributed by atoms with Gasteiger partial charge >= 0.3 is 0 Å². The summed E-state index contributed by atoms with van der Waals surface area (Å²) in [5.74, 6) is 1.52. The fraction of sp³-hybridized carbons (Fsp3) is 0.600. The van der Waals surface area contributed by atoms with Crippen LogP contribution < -0.4 is 16.0 Å². The Balaban J connectivity index is 1.70. The number of nitrogens with two attached hydrogens (primary N) is 1. The van der Waals surface area contributed by atoms with E-state index in [1.54, 1.807) is 0 Å². The van der Waals surface area contributed by atoms with E-state index in [0.29, 0.717) is 18.0 Å². The summed E-state index contributed by atoms with van der Waals surface area (Å²) in [6, 6.07) is 1.20. The molecule has 2 bridgehead atoms. The van der Waals surface area contributed by atoms with Crippen LogP contribution in [-0.2, 0) is 12.8 Å². The van der Waals surface area contributed by atoms with Crippen molar-refractivity contribution in [3.8, 4) is 0 Å². The molecule has 2 saturated heterocycles. The molecule has 2 aromatic heterocycles. The Kier molecular flexibility index (Phi) is 2.49. The lowest BCUT2D eigenvalue weighted by molar-refractivity contribution is 0.578. The molecule has 0 amide bonds. The minimum atomic E-state index is 0.430. The van der Waals surface area contributed by atoms with Gasteiger partial charge in [0.2, 0.25) is 5.95 Å². The van der Waals surface area contributed by atoms with Crippen LogP contribution >= 0.6 is 11.3 Å². The van der Waals surface area contributed by atoms with Gasteiger partial charge in [-0.15, -0.1) is 11.3 Å². The van der Waals surface area contributed by atoms with Gasteiger partial charge in [0.25, 0.3) is 0 Å². The van der Waals surface area contributed by atoms with E-state index < -0.39 is 0 Å².